The average molecular weight is 414 g/mol. The summed E-state index contributed by atoms with van der Waals surface area (Å²) in [5.41, 5.74) is 5.16. The minimum Gasteiger partial charge on any atom is -0.372 e. The molecule has 0 saturated heterocycles. The molecule has 2 aromatic heterocycles. The lowest BCUT2D eigenvalue weighted by Crippen LogP contribution is -2.22. The Labute approximate surface area is 182 Å². The maximum absolute atomic E-state index is 13.0. The van der Waals surface area contributed by atoms with E-state index in [0.29, 0.717) is 11.4 Å². The number of hydrogen-bond donors (Lipinski definition) is 1. The highest BCUT2D eigenvalue weighted by Gasteiger charge is 2.17. The van der Waals surface area contributed by atoms with Gasteiger partial charge in [0, 0.05) is 29.9 Å². The largest absolute Gasteiger partial charge is 0.372 e. The Morgan fingerprint density at radius 3 is 2.55 bits per heavy atom. The van der Waals surface area contributed by atoms with Gasteiger partial charge in [0.25, 0.3) is 5.91 Å². The second-order valence-corrected chi connectivity index (χ2v) is 7.54. The van der Waals surface area contributed by atoms with Crippen LogP contribution in [-0.4, -0.2) is 33.8 Å². The van der Waals surface area contributed by atoms with Gasteiger partial charge in [0.05, 0.1) is 23.0 Å². The maximum atomic E-state index is 13.0. The summed E-state index contributed by atoms with van der Waals surface area (Å²) < 4.78 is 1.71. The average Bonchev–Trinajstić information content (AvgIpc) is 3.17. The number of pyridine rings is 1. The van der Waals surface area contributed by atoms with Crippen LogP contribution in [0.3, 0.4) is 0 Å². The Morgan fingerprint density at radius 1 is 1.03 bits per heavy atom. The number of rotatable bonds is 6. The van der Waals surface area contributed by atoms with Gasteiger partial charge in [-0.05, 0) is 69.7 Å². The van der Waals surface area contributed by atoms with Crippen molar-refractivity contribution in [3.63, 3.8) is 0 Å². The fourth-order valence-corrected chi connectivity index (χ4v) is 3.80. The first-order valence-corrected chi connectivity index (χ1v) is 10.6. The Morgan fingerprint density at radius 2 is 1.81 bits per heavy atom. The third-order valence-corrected chi connectivity index (χ3v) is 5.64. The van der Waals surface area contributed by atoms with Crippen molar-refractivity contribution < 1.29 is 4.79 Å². The molecule has 2 heterocycles. The third kappa shape index (κ3) is 4.01. The van der Waals surface area contributed by atoms with Gasteiger partial charge in [0.2, 0.25) is 0 Å². The minimum atomic E-state index is -0.178. The Hall–Kier alpha value is -3.67. The summed E-state index contributed by atoms with van der Waals surface area (Å²) in [6.07, 6.45) is 1.60. The standard InChI is InChI=1S/C25H27N5O/c1-5-29(6-2)20-12-13-22(17(3)15-20)28-25(31)21-16-26-30(18(21)4)24-14-11-19-9-7-8-10-23(19)27-24/h7-16H,5-6H2,1-4H3,(H,28,31). The first-order valence-electron chi connectivity index (χ1n) is 10.6. The molecule has 31 heavy (non-hydrogen) atoms. The predicted molar refractivity (Wildman–Crippen MR) is 126 cm³/mol. The van der Waals surface area contributed by atoms with Gasteiger partial charge in [-0.3, -0.25) is 4.79 Å². The maximum Gasteiger partial charge on any atom is 0.259 e. The van der Waals surface area contributed by atoms with Gasteiger partial charge in [-0.2, -0.15) is 5.10 Å². The van der Waals surface area contributed by atoms with E-state index in [1.165, 1.54) is 0 Å². The normalized spacial score (nSPS) is 11.0. The van der Waals surface area contributed by atoms with E-state index in [0.717, 1.165) is 46.6 Å². The van der Waals surface area contributed by atoms with Crippen molar-refractivity contribution in [1.82, 2.24) is 14.8 Å². The van der Waals surface area contributed by atoms with Crippen LogP contribution in [0.5, 0.6) is 0 Å². The third-order valence-electron chi connectivity index (χ3n) is 5.64. The van der Waals surface area contributed by atoms with E-state index in [-0.39, 0.29) is 5.91 Å². The number of para-hydroxylation sites is 1. The molecular weight excluding hydrogens is 386 g/mol. The zero-order valence-corrected chi connectivity index (χ0v) is 18.4. The smallest absolute Gasteiger partial charge is 0.259 e. The highest BCUT2D eigenvalue weighted by atomic mass is 16.1. The summed E-state index contributed by atoms with van der Waals surface area (Å²) in [6, 6.07) is 18.0. The van der Waals surface area contributed by atoms with E-state index in [1.54, 1.807) is 10.9 Å². The summed E-state index contributed by atoms with van der Waals surface area (Å²) >= 11 is 0. The number of fused-ring (bicyclic) bond motifs is 1. The number of aromatic nitrogens is 3. The highest BCUT2D eigenvalue weighted by Crippen LogP contribution is 2.24. The van der Waals surface area contributed by atoms with Crippen molar-refractivity contribution in [3.05, 3.63) is 77.6 Å². The molecule has 0 spiro atoms. The number of anilines is 2. The van der Waals surface area contributed by atoms with E-state index in [2.05, 4.69) is 40.2 Å². The molecule has 4 rings (SSSR count). The molecule has 6 nitrogen and oxygen atoms in total. The molecule has 1 N–H and O–H groups in total. The van der Waals surface area contributed by atoms with Gasteiger partial charge in [-0.1, -0.05) is 18.2 Å². The molecule has 2 aromatic carbocycles. The number of amides is 1. The van der Waals surface area contributed by atoms with Crippen LogP contribution in [0.15, 0.2) is 60.8 Å². The predicted octanol–water partition coefficient (Wildman–Crippen LogP) is 5.14. The van der Waals surface area contributed by atoms with Crippen LogP contribution in [0, 0.1) is 13.8 Å². The first-order chi connectivity index (χ1) is 15.0. The molecule has 158 valence electrons. The van der Waals surface area contributed by atoms with Crippen LogP contribution in [0.2, 0.25) is 0 Å². The van der Waals surface area contributed by atoms with E-state index in [9.17, 15) is 4.79 Å². The number of nitrogens with one attached hydrogen (secondary N) is 1. The SMILES string of the molecule is CCN(CC)c1ccc(NC(=O)c2cnn(-c3ccc4ccccc4n3)c2C)c(C)c1. The summed E-state index contributed by atoms with van der Waals surface area (Å²) in [5.74, 6) is 0.512. The van der Waals surface area contributed by atoms with Crippen LogP contribution in [0.1, 0.15) is 35.5 Å². The molecule has 0 radical (unpaired) electrons. The summed E-state index contributed by atoms with van der Waals surface area (Å²) in [5, 5.41) is 8.52. The van der Waals surface area contributed by atoms with Crippen molar-refractivity contribution >= 4 is 28.2 Å². The number of aryl methyl sites for hydroxylation is 1. The Bertz CT molecular complexity index is 1240. The summed E-state index contributed by atoms with van der Waals surface area (Å²) in [6.45, 7) is 10.1. The van der Waals surface area contributed by atoms with Crippen molar-refractivity contribution in [2.75, 3.05) is 23.3 Å². The lowest BCUT2D eigenvalue weighted by molar-refractivity contribution is 0.102. The first kappa shape index (κ1) is 20.6. The number of benzene rings is 2. The monoisotopic (exact) mass is 413 g/mol. The van der Waals surface area contributed by atoms with Crippen LogP contribution < -0.4 is 10.2 Å². The summed E-state index contributed by atoms with van der Waals surface area (Å²) in [7, 11) is 0. The van der Waals surface area contributed by atoms with Crippen molar-refractivity contribution in [3.8, 4) is 5.82 Å². The van der Waals surface area contributed by atoms with Gasteiger partial charge >= 0.3 is 0 Å². The van der Waals surface area contributed by atoms with Gasteiger partial charge in [0.1, 0.15) is 0 Å². The molecule has 0 bridgehead atoms. The second kappa shape index (κ2) is 8.60. The Kier molecular flexibility index (Phi) is 5.71. The van der Waals surface area contributed by atoms with E-state index < -0.39 is 0 Å². The molecule has 0 unspecified atom stereocenters. The summed E-state index contributed by atoms with van der Waals surface area (Å²) in [4.78, 5) is 19.9. The van der Waals surface area contributed by atoms with Crippen LogP contribution >= 0.6 is 0 Å². The zero-order valence-electron chi connectivity index (χ0n) is 18.4. The molecule has 6 heteroatoms. The quantitative estimate of drug-likeness (QED) is 0.476. The van der Waals surface area contributed by atoms with Crippen LogP contribution in [0.25, 0.3) is 16.7 Å². The number of carbonyl (C=O) groups excluding carboxylic acids is 1. The number of hydrogen-bond acceptors (Lipinski definition) is 4. The molecule has 0 aliphatic heterocycles. The lowest BCUT2D eigenvalue weighted by Gasteiger charge is -2.22. The number of carbonyl (C=O) groups is 1. The highest BCUT2D eigenvalue weighted by molar-refractivity contribution is 6.05. The molecule has 1 amide bonds. The van der Waals surface area contributed by atoms with Gasteiger partial charge < -0.3 is 10.2 Å². The molecule has 0 atom stereocenters. The van der Waals surface area contributed by atoms with Crippen molar-refractivity contribution in [2.24, 2.45) is 0 Å². The molecule has 0 saturated carbocycles. The molecule has 0 aliphatic carbocycles. The topological polar surface area (TPSA) is 63.1 Å². The second-order valence-electron chi connectivity index (χ2n) is 7.54. The van der Waals surface area contributed by atoms with Gasteiger partial charge in [0.15, 0.2) is 5.82 Å². The molecular formula is C25H27N5O. The molecule has 0 fully saturated rings. The van der Waals surface area contributed by atoms with Gasteiger partial charge in [-0.15, -0.1) is 0 Å². The molecule has 0 aliphatic rings. The van der Waals surface area contributed by atoms with Crippen molar-refractivity contribution in [1.29, 1.82) is 0 Å². The van der Waals surface area contributed by atoms with Crippen molar-refractivity contribution in [2.45, 2.75) is 27.7 Å². The minimum absolute atomic E-state index is 0.178. The lowest BCUT2D eigenvalue weighted by atomic mass is 10.1. The van der Waals surface area contributed by atoms with E-state index in [1.807, 2.05) is 62.4 Å². The Balaban J connectivity index is 1.58. The fourth-order valence-electron chi connectivity index (χ4n) is 3.80. The van der Waals surface area contributed by atoms with Crippen LogP contribution in [0.4, 0.5) is 11.4 Å². The molecule has 4 aromatic rings. The number of nitrogens with zero attached hydrogens (tertiary/aromatic N) is 4. The van der Waals surface area contributed by atoms with Gasteiger partial charge in [-0.25, -0.2) is 9.67 Å². The fraction of sp³-hybridized carbons (Fsp3) is 0.240. The van der Waals surface area contributed by atoms with E-state index in [4.69, 9.17) is 0 Å². The van der Waals surface area contributed by atoms with E-state index >= 15 is 0 Å². The van der Waals surface area contributed by atoms with Crippen LogP contribution in [-0.2, 0) is 0 Å². The zero-order chi connectivity index (χ0) is 22.0.